The third-order valence-electron chi connectivity index (χ3n) is 4.64. The number of hydrogen-bond acceptors (Lipinski definition) is 2. The molecule has 1 aliphatic carbocycles. The van der Waals surface area contributed by atoms with E-state index in [2.05, 4.69) is 24.4 Å². The highest BCUT2D eigenvalue weighted by molar-refractivity contribution is 5.97. The van der Waals surface area contributed by atoms with E-state index in [4.69, 9.17) is 0 Å². The van der Waals surface area contributed by atoms with Crippen LogP contribution in [0, 0.1) is 5.92 Å². The fourth-order valence-electron chi connectivity index (χ4n) is 3.42. The summed E-state index contributed by atoms with van der Waals surface area (Å²) in [7, 11) is 0. The predicted molar refractivity (Wildman–Crippen MR) is 85.3 cm³/mol. The molecule has 0 heterocycles. The van der Waals surface area contributed by atoms with E-state index in [0.29, 0.717) is 11.8 Å². The van der Waals surface area contributed by atoms with Crippen molar-refractivity contribution in [3.8, 4) is 5.75 Å². The molecule has 2 N–H and O–H groups in total. The molecule has 0 amide bonds. The summed E-state index contributed by atoms with van der Waals surface area (Å²) in [5, 5.41) is 15.7. The summed E-state index contributed by atoms with van der Waals surface area (Å²) in [6.45, 7) is 2.29. The van der Waals surface area contributed by atoms with Crippen molar-refractivity contribution in [3.63, 3.8) is 0 Å². The van der Waals surface area contributed by atoms with Crippen LogP contribution in [0.25, 0.3) is 10.8 Å². The molecule has 1 unspecified atom stereocenters. The smallest absolute Gasteiger partial charge is 0.123 e. The zero-order valence-electron chi connectivity index (χ0n) is 12.1. The summed E-state index contributed by atoms with van der Waals surface area (Å²) in [4.78, 5) is 0. The Morgan fingerprint density at radius 3 is 2.50 bits per heavy atom. The summed E-state index contributed by atoms with van der Waals surface area (Å²) in [5.41, 5.74) is 1.14. The van der Waals surface area contributed by atoms with Gasteiger partial charge in [0.15, 0.2) is 0 Å². The van der Waals surface area contributed by atoms with Gasteiger partial charge in [-0.2, -0.15) is 0 Å². The summed E-state index contributed by atoms with van der Waals surface area (Å²) in [6, 6.07) is 12.3. The molecule has 1 aliphatic rings. The lowest BCUT2D eigenvalue weighted by molar-refractivity contribution is 0.328. The minimum absolute atomic E-state index is 0.358. The molecule has 0 aliphatic heterocycles. The topological polar surface area (TPSA) is 32.3 Å². The molecule has 20 heavy (non-hydrogen) atoms. The highest BCUT2D eigenvalue weighted by atomic mass is 16.3. The largest absolute Gasteiger partial charge is 0.507 e. The molecule has 0 bridgehead atoms. The first-order valence-electron chi connectivity index (χ1n) is 7.73. The normalized spacial score (nSPS) is 18.1. The first-order chi connectivity index (χ1) is 9.75. The van der Waals surface area contributed by atoms with Crippen LogP contribution < -0.4 is 5.32 Å². The van der Waals surface area contributed by atoms with Gasteiger partial charge in [-0.3, -0.25) is 0 Å². The Hall–Kier alpha value is -1.70. The Kier molecular flexibility index (Phi) is 3.81. The molecule has 0 aromatic heterocycles. The number of rotatable bonds is 3. The summed E-state index contributed by atoms with van der Waals surface area (Å²) in [5.74, 6) is 1.13. The first-order valence-corrected chi connectivity index (χ1v) is 7.73. The van der Waals surface area contributed by atoms with E-state index in [1.807, 2.05) is 18.2 Å². The van der Waals surface area contributed by atoms with Crippen LogP contribution in [0.5, 0.6) is 5.75 Å². The Balaban J connectivity index is 1.85. The molecule has 1 fully saturated rings. The van der Waals surface area contributed by atoms with Gasteiger partial charge in [0.25, 0.3) is 0 Å². The van der Waals surface area contributed by atoms with Gasteiger partial charge in [-0.05, 0) is 37.8 Å². The fraction of sp³-hybridized carbons (Fsp3) is 0.444. The van der Waals surface area contributed by atoms with Crippen LogP contribution in [-0.2, 0) is 0 Å². The van der Waals surface area contributed by atoms with Crippen molar-refractivity contribution < 1.29 is 5.11 Å². The van der Waals surface area contributed by atoms with Crippen LogP contribution in [0.3, 0.4) is 0 Å². The van der Waals surface area contributed by atoms with Gasteiger partial charge in [0.1, 0.15) is 5.75 Å². The molecule has 106 valence electrons. The van der Waals surface area contributed by atoms with Crippen molar-refractivity contribution in [2.75, 3.05) is 5.32 Å². The van der Waals surface area contributed by atoms with Crippen LogP contribution >= 0.6 is 0 Å². The zero-order valence-corrected chi connectivity index (χ0v) is 12.1. The Morgan fingerprint density at radius 1 is 1.00 bits per heavy atom. The van der Waals surface area contributed by atoms with E-state index in [9.17, 15) is 5.11 Å². The molecular weight excluding hydrogens is 246 g/mol. The number of aromatic hydroxyl groups is 1. The minimum atomic E-state index is 0.358. The average molecular weight is 269 g/mol. The maximum Gasteiger partial charge on any atom is 0.123 e. The molecule has 2 nitrogen and oxygen atoms in total. The maximum atomic E-state index is 9.95. The van der Waals surface area contributed by atoms with Gasteiger partial charge in [-0.1, -0.05) is 43.5 Å². The third kappa shape index (κ3) is 2.60. The average Bonchev–Trinajstić information content (AvgIpc) is 2.49. The molecule has 2 heteroatoms. The van der Waals surface area contributed by atoms with E-state index < -0.39 is 0 Å². The first kappa shape index (κ1) is 13.3. The standard InChI is InChI=1S/C18H23NO/c1-13(14-7-3-2-4-8-14)19-17-11-5-10-16-15(17)9-6-12-18(16)20/h5-6,9-14,19-20H,2-4,7-8H2,1H3. The van der Waals surface area contributed by atoms with Crippen LogP contribution in [0.2, 0.25) is 0 Å². The Morgan fingerprint density at radius 2 is 1.70 bits per heavy atom. The quantitative estimate of drug-likeness (QED) is 0.828. The number of anilines is 1. The monoisotopic (exact) mass is 269 g/mol. The predicted octanol–water partition coefficient (Wildman–Crippen LogP) is 4.93. The number of fused-ring (bicyclic) bond motifs is 1. The number of benzene rings is 2. The van der Waals surface area contributed by atoms with Crippen LogP contribution in [0.1, 0.15) is 39.0 Å². The van der Waals surface area contributed by atoms with Crippen molar-refractivity contribution in [3.05, 3.63) is 36.4 Å². The van der Waals surface area contributed by atoms with Crippen molar-refractivity contribution >= 4 is 16.5 Å². The molecule has 1 saturated carbocycles. The number of phenolic OH excluding ortho intramolecular Hbond substituents is 1. The fourth-order valence-corrected chi connectivity index (χ4v) is 3.42. The highest BCUT2D eigenvalue weighted by Gasteiger charge is 2.20. The molecule has 2 aromatic rings. The van der Waals surface area contributed by atoms with Gasteiger partial charge in [0.2, 0.25) is 0 Å². The van der Waals surface area contributed by atoms with Gasteiger partial charge in [0.05, 0.1) is 0 Å². The van der Waals surface area contributed by atoms with Crippen molar-refractivity contribution in [2.45, 2.75) is 45.1 Å². The molecule has 0 spiro atoms. The third-order valence-corrected chi connectivity index (χ3v) is 4.64. The second-order valence-electron chi connectivity index (χ2n) is 6.01. The van der Waals surface area contributed by atoms with Crippen LogP contribution in [0.15, 0.2) is 36.4 Å². The lowest BCUT2D eigenvalue weighted by Crippen LogP contribution is -2.27. The van der Waals surface area contributed by atoms with E-state index in [0.717, 1.165) is 22.4 Å². The van der Waals surface area contributed by atoms with Gasteiger partial charge in [0, 0.05) is 22.5 Å². The van der Waals surface area contributed by atoms with E-state index >= 15 is 0 Å². The van der Waals surface area contributed by atoms with Crippen molar-refractivity contribution in [1.29, 1.82) is 0 Å². The number of hydrogen-bond donors (Lipinski definition) is 2. The Bertz CT molecular complexity index is 587. The van der Waals surface area contributed by atoms with Gasteiger partial charge in [-0.25, -0.2) is 0 Å². The molecule has 2 aromatic carbocycles. The second-order valence-corrected chi connectivity index (χ2v) is 6.01. The van der Waals surface area contributed by atoms with Gasteiger partial charge >= 0.3 is 0 Å². The van der Waals surface area contributed by atoms with E-state index in [1.165, 1.54) is 32.1 Å². The Labute approximate surface area is 120 Å². The van der Waals surface area contributed by atoms with Gasteiger partial charge in [-0.15, -0.1) is 0 Å². The summed E-state index contributed by atoms with van der Waals surface area (Å²) < 4.78 is 0. The SMILES string of the molecule is CC(Nc1cccc2c(O)cccc12)C1CCCCC1. The lowest BCUT2D eigenvalue weighted by atomic mass is 9.84. The van der Waals surface area contributed by atoms with Gasteiger partial charge < -0.3 is 10.4 Å². The number of nitrogens with one attached hydrogen (secondary N) is 1. The minimum Gasteiger partial charge on any atom is -0.507 e. The summed E-state index contributed by atoms with van der Waals surface area (Å²) >= 11 is 0. The van der Waals surface area contributed by atoms with Crippen LogP contribution in [-0.4, -0.2) is 11.1 Å². The zero-order chi connectivity index (χ0) is 13.9. The molecule has 3 rings (SSSR count). The number of phenols is 1. The molecular formula is C18H23NO. The van der Waals surface area contributed by atoms with Crippen molar-refractivity contribution in [1.82, 2.24) is 0 Å². The lowest BCUT2D eigenvalue weighted by Gasteiger charge is -2.29. The van der Waals surface area contributed by atoms with E-state index in [1.54, 1.807) is 6.07 Å². The van der Waals surface area contributed by atoms with Crippen molar-refractivity contribution in [2.24, 2.45) is 5.92 Å². The highest BCUT2D eigenvalue weighted by Crippen LogP contribution is 2.32. The summed E-state index contributed by atoms with van der Waals surface area (Å²) in [6.07, 6.45) is 6.81. The molecule has 0 radical (unpaired) electrons. The van der Waals surface area contributed by atoms with E-state index in [-0.39, 0.29) is 0 Å². The molecule has 0 saturated heterocycles. The second kappa shape index (κ2) is 5.74. The maximum absolute atomic E-state index is 9.95. The van der Waals surface area contributed by atoms with Crippen LogP contribution in [0.4, 0.5) is 5.69 Å². The molecule has 1 atom stereocenters.